The van der Waals surface area contributed by atoms with E-state index in [1.54, 1.807) is 24.3 Å². The van der Waals surface area contributed by atoms with Crippen molar-refractivity contribution in [2.75, 3.05) is 16.4 Å². The van der Waals surface area contributed by atoms with Gasteiger partial charge in [-0.2, -0.15) is 0 Å². The van der Waals surface area contributed by atoms with Gasteiger partial charge < -0.3 is 10.6 Å². The number of para-hydroxylation sites is 1. The Morgan fingerprint density at radius 1 is 1.07 bits per heavy atom. The fourth-order valence-corrected chi connectivity index (χ4v) is 3.79. The third-order valence-electron chi connectivity index (χ3n) is 3.38. The van der Waals surface area contributed by atoms with E-state index in [-0.39, 0.29) is 17.5 Å². The van der Waals surface area contributed by atoms with E-state index in [2.05, 4.69) is 20.8 Å². The second-order valence-corrected chi connectivity index (χ2v) is 7.83. The number of aryl methyl sites for hydroxylation is 1. The third kappa shape index (κ3) is 5.35. The van der Waals surface area contributed by atoms with Crippen molar-refractivity contribution in [3.05, 3.63) is 64.9 Å². The Morgan fingerprint density at radius 3 is 2.52 bits per heavy atom. The molecule has 3 aromatic rings. The Balaban J connectivity index is 1.64. The van der Waals surface area contributed by atoms with Crippen LogP contribution in [0.5, 0.6) is 0 Å². The number of nitrogens with zero attached hydrogens (tertiary/aromatic N) is 2. The van der Waals surface area contributed by atoms with E-state index in [0.29, 0.717) is 21.3 Å². The van der Waals surface area contributed by atoms with Crippen molar-refractivity contribution in [1.82, 2.24) is 10.2 Å². The summed E-state index contributed by atoms with van der Waals surface area (Å²) in [6.07, 6.45) is 0. The molecular weight excluding hydrogens is 387 g/mol. The maximum absolute atomic E-state index is 13.0. The first-order valence-corrected chi connectivity index (χ1v) is 9.70. The van der Waals surface area contributed by atoms with E-state index in [9.17, 15) is 14.0 Å². The average Bonchev–Trinajstić information content (AvgIpc) is 3.08. The first kappa shape index (κ1) is 19.0. The summed E-state index contributed by atoms with van der Waals surface area (Å²) in [5, 5.41) is 14.1. The molecule has 138 valence electrons. The molecule has 6 nitrogen and oxygen atoms in total. The van der Waals surface area contributed by atoms with Crippen molar-refractivity contribution < 1.29 is 14.0 Å². The lowest BCUT2D eigenvalue weighted by Gasteiger charge is -2.11. The molecule has 0 aliphatic carbocycles. The summed E-state index contributed by atoms with van der Waals surface area (Å²) in [6.45, 7) is 1.85. The standard InChI is InChI=1S/C18H15FN4O2S2/c1-11-22-23-18(27-11)26-10-16(24)21-15-5-3-2-4-14(15)17(25)20-13-8-6-12(19)7-9-13/h2-9H,10H2,1H3,(H,20,25)(H,21,24). The van der Waals surface area contributed by atoms with Crippen molar-refractivity contribution >= 4 is 46.3 Å². The van der Waals surface area contributed by atoms with Crippen LogP contribution in [0, 0.1) is 12.7 Å². The van der Waals surface area contributed by atoms with Crippen LogP contribution >= 0.6 is 23.1 Å². The van der Waals surface area contributed by atoms with Crippen LogP contribution in [0.25, 0.3) is 0 Å². The Bertz CT molecular complexity index is 960. The second-order valence-electron chi connectivity index (χ2n) is 5.43. The molecule has 0 aliphatic heterocycles. The molecule has 0 saturated heterocycles. The molecule has 0 radical (unpaired) electrons. The van der Waals surface area contributed by atoms with E-state index >= 15 is 0 Å². The van der Waals surface area contributed by atoms with E-state index in [1.165, 1.54) is 47.4 Å². The van der Waals surface area contributed by atoms with Crippen LogP contribution in [0.3, 0.4) is 0 Å². The molecule has 0 bridgehead atoms. The zero-order valence-electron chi connectivity index (χ0n) is 14.2. The van der Waals surface area contributed by atoms with Gasteiger partial charge in [-0.15, -0.1) is 10.2 Å². The van der Waals surface area contributed by atoms with Crippen LogP contribution in [0.1, 0.15) is 15.4 Å². The number of halogens is 1. The number of hydrogen-bond donors (Lipinski definition) is 2. The smallest absolute Gasteiger partial charge is 0.257 e. The van der Waals surface area contributed by atoms with Crippen LogP contribution < -0.4 is 10.6 Å². The van der Waals surface area contributed by atoms with Crippen LogP contribution in [-0.4, -0.2) is 27.8 Å². The van der Waals surface area contributed by atoms with Gasteiger partial charge in [0.1, 0.15) is 10.8 Å². The summed E-state index contributed by atoms with van der Waals surface area (Å²) in [6, 6.07) is 12.1. The van der Waals surface area contributed by atoms with Gasteiger partial charge in [0.05, 0.1) is 17.0 Å². The van der Waals surface area contributed by atoms with Gasteiger partial charge in [-0.1, -0.05) is 35.2 Å². The quantitative estimate of drug-likeness (QED) is 0.610. The SMILES string of the molecule is Cc1nnc(SCC(=O)Nc2ccccc2C(=O)Nc2ccc(F)cc2)s1. The minimum Gasteiger partial charge on any atom is -0.325 e. The Hall–Kier alpha value is -2.78. The topological polar surface area (TPSA) is 84.0 Å². The highest BCUT2D eigenvalue weighted by molar-refractivity contribution is 8.01. The maximum atomic E-state index is 13.0. The molecule has 9 heteroatoms. The fraction of sp³-hybridized carbons (Fsp3) is 0.111. The van der Waals surface area contributed by atoms with Crippen molar-refractivity contribution in [2.24, 2.45) is 0 Å². The van der Waals surface area contributed by atoms with E-state index in [1.807, 2.05) is 6.92 Å². The number of carbonyl (C=O) groups excluding carboxylic acids is 2. The minimum atomic E-state index is -0.398. The van der Waals surface area contributed by atoms with E-state index in [0.717, 1.165) is 5.01 Å². The number of amides is 2. The summed E-state index contributed by atoms with van der Waals surface area (Å²) < 4.78 is 13.7. The average molecular weight is 402 g/mol. The van der Waals surface area contributed by atoms with Gasteiger partial charge >= 0.3 is 0 Å². The van der Waals surface area contributed by atoms with Crippen molar-refractivity contribution in [1.29, 1.82) is 0 Å². The second kappa shape index (κ2) is 8.74. The molecule has 0 aliphatic rings. The molecule has 3 rings (SSSR count). The number of rotatable bonds is 6. The number of aromatic nitrogens is 2. The lowest BCUT2D eigenvalue weighted by atomic mass is 10.1. The highest BCUT2D eigenvalue weighted by atomic mass is 32.2. The van der Waals surface area contributed by atoms with Gasteiger partial charge in [0, 0.05) is 5.69 Å². The molecule has 2 aromatic carbocycles. The largest absolute Gasteiger partial charge is 0.325 e. The van der Waals surface area contributed by atoms with Crippen LogP contribution in [0.15, 0.2) is 52.9 Å². The van der Waals surface area contributed by atoms with Crippen LogP contribution in [0.2, 0.25) is 0 Å². The number of benzene rings is 2. The highest BCUT2D eigenvalue weighted by Gasteiger charge is 2.14. The minimum absolute atomic E-state index is 0.155. The van der Waals surface area contributed by atoms with Crippen molar-refractivity contribution in [2.45, 2.75) is 11.3 Å². The first-order valence-electron chi connectivity index (χ1n) is 7.90. The van der Waals surface area contributed by atoms with E-state index < -0.39 is 5.91 Å². The van der Waals surface area contributed by atoms with E-state index in [4.69, 9.17) is 0 Å². The number of hydrogen-bond acceptors (Lipinski definition) is 6. The van der Waals surface area contributed by atoms with Gasteiger partial charge in [0.2, 0.25) is 5.91 Å². The van der Waals surface area contributed by atoms with Crippen molar-refractivity contribution in [3.8, 4) is 0 Å². The molecule has 0 unspecified atom stereocenters. The molecule has 0 saturated carbocycles. The number of thioether (sulfide) groups is 1. The summed E-state index contributed by atoms with van der Waals surface area (Å²) in [5.41, 5.74) is 1.17. The number of anilines is 2. The maximum Gasteiger partial charge on any atom is 0.257 e. The molecule has 0 atom stereocenters. The normalized spacial score (nSPS) is 10.4. The lowest BCUT2D eigenvalue weighted by Crippen LogP contribution is -2.19. The molecule has 2 amide bonds. The predicted octanol–water partition coefficient (Wildman–Crippen LogP) is 3.97. The Kier molecular flexibility index (Phi) is 6.15. The number of nitrogens with one attached hydrogen (secondary N) is 2. The van der Waals surface area contributed by atoms with Gasteiger partial charge in [-0.25, -0.2) is 4.39 Å². The highest BCUT2D eigenvalue weighted by Crippen LogP contribution is 2.23. The lowest BCUT2D eigenvalue weighted by molar-refractivity contribution is -0.113. The molecule has 27 heavy (non-hydrogen) atoms. The third-order valence-corrected chi connectivity index (χ3v) is 5.35. The molecular formula is C18H15FN4O2S2. The summed E-state index contributed by atoms with van der Waals surface area (Å²) in [7, 11) is 0. The summed E-state index contributed by atoms with van der Waals surface area (Å²) >= 11 is 2.70. The van der Waals surface area contributed by atoms with Gasteiger partial charge in [-0.3, -0.25) is 9.59 Å². The summed E-state index contributed by atoms with van der Waals surface area (Å²) in [4.78, 5) is 24.7. The van der Waals surface area contributed by atoms with Gasteiger partial charge in [0.25, 0.3) is 5.91 Å². The molecule has 1 aromatic heterocycles. The fourth-order valence-electron chi connectivity index (χ4n) is 2.17. The first-order chi connectivity index (χ1) is 13.0. The zero-order chi connectivity index (χ0) is 19.2. The summed E-state index contributed by atoms with van der Waals surface area (Å²) in [5.74, 6) is -0.883. The van der Waals surface area contributed by atoms with Crippen LogP contribution in [0.4, 0.5) is 15.8 Å². The predicted molar refractivity (Wildman–Crippen MR) is 105 cm³/mol. The van der Waals surface area contributed by atoms with Crippen molar-refractivity contribution in [3.63, 3.8) is 0 Å². The molecule has 0 fully saturated rings. The van der Waals surface area contributed by atoms with Gasteiger partial charge in [-0.05, 0) is 43.3 Å². The zero-order valence-corrected chi connectivity index (χ0v) is 15.9. The molecule has 1 heterocycles. The molecule has 0 spiro atoms. The Labute approximate surface area is 163 Å². The Morgan fingerprint density at radius 2 is 1.81 bits per heavy atom. The number of carbonyl (C=O) groups is 2. The molecule has 2 N–H and O–H groups in total. The monoisotopic (exact) mass is 402 g/mol. The van der Waals surface area contributed by atoms with Gasteiger partial charge in [0.15, 0.2) is 4.34 Å². The van der Waals surface area contributed by atoms with Crippen LogP contribution in [-0.2, 0) is 4.79 Å².